The Balaban J connectivity index is 1.80. The standard InChI is InChI=1S/C16H17N3O2/c1-11(20)15-9-19(18-17-15)10-16(21)14-7-6-12-4-2-3-5-13(12)8-14/h2-9,11,16,20-21H,10H2,1H3. The molecule has 2 atom stereocenters. The first-order valence-corrected chi connectivity index (χ1v) is 6.88. The molecule has 2 N–H and O–H groups in total. The smallest absolute Gasteiger partial charge is 0.111 e. The molecule has 3 aromatic rings. The minimum Gasteiger partial charge on any atom is -0.387 e. The van der Waals surface area contributed by atoms with Gasteiger partial charge in [-0.05, 0) is 29.3 Å². The second-order valence-electron chi connectivity index (χ2n) is 5.16. The number of rotatable bonds is 4. The number of fused-ring (bicyclic) bond motifs is 1. The average molecular weight is 283 g/mol. The van der Waals surface area contributed by atoms with Crippen LogP contribution in [0.15, 0.2) is 48.7 Å². The van der Waals surface area contributed by atoms with Crippen LogP contribution >= 0.6 is 0 Å². The van der Waals surface area contributed by atoms with Gasteiger partial charge in [0.2, 0.25) is 0 Å². The predicted octanol–water partition coefficient (Wildman–Crippen LogP) is 2.22. The Bertz CT molecular complexity index is 752. The van der Waals surface area contributed by atoms with Crippen molar-refractivity contribution in [3.8, 4) is 0 Å². The van der Waals surface area contributed by atoms with E-state index in [0.717, 1.165) is 16.3 Å². The second kappa shape index (κ2) is 5.63. The molecule has 5 nitrogen and oxygen atoms in total. The molecule has 3 rings (SSSR count). The van der Waals surface area contributed by atoms with Gasteiger partial charge >= 0.3 is 0 Å². The summed E-state index contributed by atoms with van der Waals surface area (Å²) in [7, 11) is 0. The van der Waals surface area contributed by atoms with Crippen LogP contribution in [0, 0.1) is 0 Å². The zero-order valence-electron chi connectivity index (χ0n) is 11.7. The van der Waals surface area contributed by atoms with E-state index in [1.807, 2.05) is 42.5 Å². The maximum atomic E-state index is 10.3. The largest absolute Gasteiger partial charge is 0.387 e. The van der Waals surface area contributed by atoms with E-state index in [-0.39, 0.29) is 0 Å². The van der Waals surface area contributed by atoms with Crippen LogP contribution < -0.4 is 0 Å². The van der Waals surface area contributed by atoms with E-state index >= 15 is 0 Å². The molecule has 2 aromatic carbocycles. The molecular weight excluding hydrogens is 266 g/mol. The van der Waals surface area contributed by atoms with Gasteiger partial charge in [0.15, 0.2) is 0 Å². The van der Waals surface area contributed by atoms with Crippen LogP contribution in [0.1, 0.15) is 30.4 Å². The maximum absolute atomic E-state index is 10.3. The number of hydrogen-bond acceptors (Lipinski definition) is 4. The van der Waals surface area contributed by atoms with Crippen molar-refractivity contribution in [3.63, 3.8) is 0 Å². The van der Waals surface area contributed by atoms with Gasteiger partial charge in [0.05, 0.1) is 24.9 Å². The van der Waals surface area contributed by atoms with Crippen LogP contribution in [0.2, 0.25) is 0 Å². The Morgan fingerprint density at radius 3 is 2.57 bits per heavy atom. The highest BCUT2D eigenvalue weighted by molar-refractivity contribution is 5.83. The van der Waals surface area contributed by atoms with E-state index in [4.69, 9.17) is 0 Å². The summed E-state index contributed by atoms with van der Waals surface area (Å²) in [5.74, 6) is 0. The quantitative estimate of drug-likeness (QED) is 0.770. The zero-order valence-corrected chi connectivity index (χ0v) is 11.7. The van der Waals surface area contributed by atoms with Crippen LogP contribution in [0.25, 0.3) is 10.8 Å². The normalized spacial score (nSPS) is 14.2. The van der Waals surface area contributed by atoms with Gasteiger partial charge in [-0.1, -0.05) is 41.6 Å². The molecule has 21 heavy (non-hydrogen) atoms. The van der Waals surface area contributed by atoms with E-state index in [0.29, 0.717) is 12.2 Å². The van der Waals surface area contributed by atoms with Gasteiger partial charge in [-0.3, -0.25) is 0 Å². The van der Waals surface area contributed by atoms with Gasteiger partial charge in [-0.25, -0.2) is 4.68 Å². The Hall–Kier alpha value is -2.24. The van der Waals surface area contributed by atoms with Crippen molar-refractivity contribution >= 4 is 10.8 Å². The fraction of sp³-hybridized carbons (Fsp3) is 0.250. The average Bonchev–Trinajstić information content (AvgIpc) is 2.95. The van der Waals surface area contributed by atoms with Gasteiger partial charge < -0.3 is 10.2 Å². The van der Waals surface area contributed by atoms with Crippen LogP contribution in [0.5, 0.6) is 0 Å². The van der Waals surface area contributed by atoms with Crippen LogP contribution in [-0.2, 0) is 6.54 Å². The molecule has 108 valence electrons. The fourth-order valence-electron chi connectivity index (χ4n) is 2.29. The lowest BCUT2D eigenvalue weighted by Gasteiger charge is -2.11. The molecule has 0 radical (unpaired) electrons. The highest BCUT2D eigenvalue weighted by atomic mass is 16.3. The molecule has 0 aliphatic heterocycles. The SMILES string of the molecule is CC(O)c1cn(CC(O)c2ccc3ccccc3c2)nn1. The van der Waals surface area contributed by atoms with E-state index in [9.17, 15) is 10.2 Å². The lowest BCUT2D eigenvalue weighted by atomic mass is 10.0. The van der Waals surface area contributed by atoms with Gasteiger partial charge in [-0.15, -0.1) is 5.10 Å². The van der Waals surface area contributed by atoms with Crippen molar-refractivity contribution < 1.29 is 10.2 Å². The molecule has 2 unspecified atom stereocenters. The Kier molecular flexibility index (Phi) is 3.68. The van der Waals surface area contributed by atoms with Crippen LogP contribution in [-0.4, -0.2) is 25.2 Å². The van der Waals surface area contributed by atoms with E-state index < -0.39 is 12.2 Å². The Morgan fingerprint density at radius 2 is 1.86 bits per heavy atom. The van der Waals surface area contributed by atoms with Gasteiger partial charge in [0.1, 0.15) is 5.69 Å². The Morgan fingerprint density at radius 1 is 1.10 bits per heavy atom. The molecule has 1 heterocycles. The van der Waals surface area contributed by atoms with Crippen molar-refractivity contribution in [1.29, 1.82) is 0 Å². The van der Waals surface area contributed by atoms with E-state index in [2.05, 4.69) is 10.3 Å². The predicted molar refractivity (Wildman–Crippen MR) is 79.6 cm³/mol. The number of nitrogens with zero attached hydrogens (tertiary/aromatic N) is 3. The molecule has 0 saturated heterocycles. The highest BCUT2D eigenvalue weighted by Crippen LogP contribution is 2.21. The highest BCUT2D eigenvalue weighted by Gasteiger charge is 2.12. The topological polar surface area (TPSA) is 71.2 Å². The molecule has 0 bridgehead atoms. The van der Waals surface area contributed by atoms with Crippen molar-refractivity contribution in [3.05, 3.63) is 59.9 Å². The number of benzene rings is 2. The number of hydrogen-bond donors (Lipinski definition) is 2. The minimum atomic E-state index is -0.668. The summed E-state index contributed by atoms with van der Waals surface area (Å²) in [6.07, 6.45) is 0.323. The number of aromatic nitrogens is 3. The summed E-state index contributed by atoms with van der Waals surface area (Å²) in [5, 5.41) is 29.8. The van der Waals surface area contributed by atoms with E-state index in [1.165, 1.54) is 0 Å². The summed E-state index contributed by atoms with van der Waals surface area (Å²) in [5.41, 5.74) is 1.34. The summed E-state index contributed by atoms with van der Waals surface area (Å²) in [6, 6.07) is 13.9. The van der Waals surface area contributed by atoms with Crippen molar-refractivity contribution in [2.24, 2.45) is 0 Å². The van der Waals surface area contributed by atoms with Gasteiger partial charge in [0.25, 0.3) is 0 Å². The molecule has 0 spiro atoms. The summed E-state index contributed by atoms with van der Waals surface area (Å²) in [6.45, 7) is 1.94. The van der Waals surface area contributed by atoms with E-state index in [1.54, 1.807) is 17.8 Å². The van der Waals surface area contributed by atoms with Crippen LogP contribution in [0.4, 0.5) is 0 Å². The first-order chi connectivity index (χ1) is 10.1. The minimum absolute atomic E-state index is 0.304. The van der Waals surface area contributed by atoms with Crippen LogP contribution in [0.3, 0.4) is 0 Å². The zero-order chi connectivity index (χ0) is 14.8. The third-order valence-electron chi connectivity index (χ3n) is 3.50. The summed E-state index contributed by atoms with van der Waals surface area (Å²) >= 11 is 0. The fourth-order valence-corrected chi connectivity index (χ4v) is 2.29. The lowest BCUT2D eigenvalue weighted by molar-refractivity contribution is 0.150. The second-order valence-corrected chi connectivity index (χ2v) is 5.16. The lowest BCUT2D eigenvalue weighted by Crippen LogP contribution is -2.09. The first kappa shape index (κ1) is 13.7. The molecule has 0 amide bonds. The summed E-state index contributed by atoms with van der Waals surface area (Å²) < 4.78 is 1.54. The third kappa shape index (κ3) is 2.94. The third-order valence-corrected chi connectivity index (χ3v) is 3.50. The number of aliphatic hydroxyl groups excluding tert-OH is 2. The van der Waals surface area contributed by atoms with Gasteiger partial charge in [0, 0.05) is 0 Å². The number of aliphatic hydroxyl groups is 2. The molecular formula is C16H17N3O2. The molecule has 0 fully saturated rings. The molecule has 5 heteroatoms. The molecule has 0 saturated carbocycles. The summed E-state index contributed by atoms with van der Waals surface area (Å²) in [4.78, 5) is 0. The first-order valence-electron chi connectivity index (χ1n) is 6.88. The molecule has 0 aliphatic carbocycles. The molecule has 1 aromatic heterocycles. The Labute approximate surface area is 122 Å². The molecule has 0 aliphatic rings. The van der Waals surface area contributed by atoms with Crippen molar-refractivity contribution in [1.82, 2.24) is 15.0 Å². The monoisotopic (exact) mass is 283 g/mol. The van der Waals surface area contributed by atoms with Crippen molar-refractivity contribution in [2.75, 3.05) is 0 Å². The maximum Gasteiger partial charge on any atom is 0.111 e. The van der Waals surface area contributed by atoms with Crippen molar-refractivity contribution in [2.45, 2.75) is 25.7 Å². The van der Waals surface area contributed by atoms with Gasteiger partial charge in [-0.2, -0.15) is 0 Å².